The van der Waals surface area contributed by atoms with Gasteiger partial charge in [0.2, 0.25) is 0 Å². The highest BCUT2D eigenvalue weighted by Crippen LogP contribution is 2.36. The van der Waals surface area contributed by atoms with Gasteiger partial charge in [-0.2, -0.15) is 0 Å². The van der Waals surface area contributed by atoms with Gasteiger partial charge in [-0.3, -0.25) is 0 Å². The molecule has 0 amide bonds. The Hall–Kier alpha value is -2.97. The van der Waals surface area contributed by atoms with E-state index < -0.39 is 0 Å². The van der Waals surface area contributed by atoms with E-state index >= 15 is 0 Å². The summed E-state index contributed by atoms with van der Waals surface area (Å²) >= 11 is 1.78. The lowest BCUT2D eigenvalue weighted by Crippen LogP contribution is -2.09. The first-order valence-corrected chi connectivity index (χ1v) is 9.45. The molecule has 0 spiro atoms. The third-order valence-corrected chi connectivity index (χ3v) is 5.12. The largest absolute Gasteiger partial charge is 0.311 e. The predicted octanol–water partition coefficient (Wildman–Crippen LogP) is 7.31. The van der Waals surface area contributed by atoms with E-state index in [0.717, 1.165) is 17.1 Å². The molecule has 4 aromatic rings. The molecule has 0 heterocycles. The zero-order valence-corrected chi connectivity index (χ0v) is 15.1. The number of hydrogen-bond acceptors (Lipinski definition) is 2. The van der Waals surface area contributed by atoms with Crippen LogP contribution < -0.4 is 4.90 Å². The van der Waals surface area contributed by atoms with Crippen molar-refractivity contribution >= 4 is 28.8 Å². The van der Waals surface area contributed by atoms with Crippen molar-refractivity contribution < 1.29 is 0 Å². The van der Waals surface area contributed by atoms with Crippen LogP contribution in [0.3, 0.4) is 0 Å². The maximum atomic E-state index is 2.27. The fourth-order valence-corrected chi connectivity index (χ4v) is 3.73. The summed E-state index contributed by atoms with van der Waals surface area (Å²) in [6, 6.07) is 40.2. The summed E-state index contributed by atoms with van der Waals surface area (Å²) in [7, 11) is 0. The molecule has 0 aliphatic rings. The molecular formula is C24H19NS. The molecule has 2 heteroatoms. The van der Waals surface area contributed by atoms with E-state index in [1.165, 1.54) is 9.79 Å². The van der Waals surface area contributed by atoms with Crippen molar-refractivity contribution in [2.45, 2.75) is 9.79 Å². The zero-order valence-electron chi connectivity index (χ0n) is 14.3. The first-order valence-electron chi connectivity index (χ1n) is 8.63. The van der Waals surface area contributed by atoms with Crippen LogP contribution in [0.1, 0.15) is 0 Å². The topological polar surface area (TPSA) is 3.24 Å². The second-order valence-electron chi connectivity index (χ2n) is 5.92. The van der Waals surface area contributed by atoms with Crippen LogP contribution in [0.2, 0.25) is 0 Å². The van der Waals surface area contributed by atoms with Crippen LogP contribution in [0, 0.1) is 0 Å². The number of rotatable bonds is 5. The lowest BCUT2D eigenvalue weighted by atomic mass is 10.2. The Kier molecular flexibility index (Phi) is 5.04. The van der Waals surface area contributed by atoms with E-state index in [4.69, 9.17) is 0 Å². The van der Waals surface area contributed by atoms with Gasteiger partial charge in [0.15, 0.2) is 0 Å². The van der Waals surface area contributed by atoms with E-state index in [1.54, 1.807) is 11.8 Å². The monoisotopic (exact) mass is 353 g/mol. The van der Waals surface area contributed by atoms with Crippen LogP contribution >= 0.6 is 11.8 Å². The number of anilines is 3. The number of hydrogen-bond donors (Lipinski definition) is 0. The molecule has 0 fully saturated rings. The van der Waals surface area contributed by atoms with Gasteiger partial charge in [-0.15, -0.1) is 0 Å². The lowest BCUT2D eigenvalue weighted by molar-refractivity contribution is 1.27. The third-order valence-electron chi connectivity index (χ3n) is 4.10. The summed E-state index contributed by atoms with van der Waals surface area (Å²) in [5, 5.41) is 0. The summed E-state index contributed by atoms with van der Waals surface area (Å²) in [6.07, 6.45) is 0. The summed E-state index contributed by atoms with van der Waals surface area (Å²) in [6.45, 7) is 0. The van der Waals surface area contributed by atoms with Gasteiger partial charge >= 0.3 is 0 Å². The van der Waals surface area contributed by atoms with Crippen molar-refractivity contribution in [1.29, 1.82) is 0 Å². The molecule has 1 nitrogen and oxygen atoms in total. The molecule has 0 atom stereocenters. The Morgan fingerprint density at radius 2 is 0.769 bits per heavy atom. The Bertz CT molecular complexity index is 896. The van der Waals surface area contributed by atoms with Crippen LogP contribution in [0.5, 0.6) is 0 Å². The molecule has 26 heavy (non-hydrogen) atoms. The highest BCUT2D eigenvalue weighted by molar-refractivity contribution is 7.99. The molecule has 0 aliphatic heterocycles. The highest BCUT2D eigenvalue weighted by Gasteiger charge is 2.11. The van der Waals surface area contributed by atoms with Gasteiger partial charge < -0.3 is 4.90 Å². The predicted molar refractivity (Wildman–Crippen MR) is 112 cm³/mol. The van der Waals surface area contributed by atoms with Gasteiger partial charge in [-0.25, -0.2) is 0 Å². The highest BCUT2D eigenvalue weighted by atomic mass is 32.2. The van der Waals surface area contributed by atoms with Crippen LogP contribution in [0.25, 0.3) is 0 Å². The standard InChI is InChI=1S/C24H19NS/c1-4-10-20(11-5-1)25(21-12-6-2-7-13-21)22-16-18-24(19-17-22)26-23-14-8-3-9-15-23/h1-19H. The maximum Gasteiger partial charge on any atom is 0.0462 e. The molecule has 4 rings (SSSR count). The van der Waals surface area contributed by atoms with E-state index in [9.17, 15) is 0 Å². The lowest BCUT2D eigenvalue weighted by Gasteiger charge is -2.25. The minimum Gasteiger partial charge on any atom is -0.311 e. The molecule has 0 aromatic heterocycles. The number of benzene rings is 4. The average Bonchev–Trinajstić information content (AvgIpc) is 2.72. The zero-order chi connectivity index (χ0) is 17.6. The Balaban J connectivity index is 1.66. The van der Waals surface area contributed by atoms with Gasteiger partial charge in [0.25, 0.3) is 0 Å². The quantitative estimate of drug-likeness (QED) is 0.370. The van der Waals surface area contributed by atoms with E-state index in [2.05, 4.69) is 102 Å². The first kappa shape index (κ1) is 16.5. The smallest absolute Gasteiger partial charge is 0.0462 e. The van der Waals surface area contributed by atoms with E-state index in [-0.39, 0.29) is 0 Å². The van der Waals surface area contributed by atoms with Crippen LogP contribution in [0.4, 0.5) is 17.1 Å². The molecule has 0 unspecified atom stereocenters. The number of para-hydroxylation sites is 2. The van der Waals surface area contributed by atoms with Crippen LogP contribution in [-0.2, 0) is 0 Å². The van der Waals surface area contributed by atoms with Gasteiger partial charge in [0.05, 0.1) is 0 Å². The first-order chi connectivity index (χ1) is 12.9. The summed E-state index contributed by atoms with van der Waals surface area (Å²) < 4.78 is 0. The molecule has 0 radical (unpaired) electrons. The van der Waals surface area contributed by atoms with Crippen LogP contribution in [-0.4, -0.2) is 0 Å². The third kappa shape index (κ3) is 3.81. The van der Waals surface area contributed by atoms with Crippen molar-refractivity contribution in [3.63, 3.8) is 0 Å². The van der Waals surface area contributed by atoms with Gasteiger partial charge in [-0.05, 0) is 60.7 Å². The maximum absolute atomic E-state index is 2.27. The molecule has 0 saturated heterocycles. The Labute approximate surface area is 158 Å². The second-order valence-corrected chi connectivity index (χ2v) is 7.06. The second kappa shape index (κ2) is 7.94. The molecular weight excluding hydrogens is 334 g/mol. The average molecular weight is 353 g/mol. The van der Waals surface area contributed by atoms with Crippen molar-refractivity contribution in [2.24, 2.45) is 0 Å². The fourth-order valence-electron chi connectivity index (χ4n) is 2.89. The SMILES string of the molecule is c1ccc(Sc2ccc(N(c3ccccc3)c3ccccc3)cc2)cc1. The van der Waals surface area contributed by atoms with Crippen LogP contribution in [0.15, 0.2) is 125 Å². The number of nitrogens with zero attached hydrogens (tertiary/aromatic N) is 1. The van der Waals surface area contributed by atoms with E-state index in [0.29, 0.717) is 0 Å². The molecule has 0 N–H and O–H groups in total. The molecule has 4 aromatic carbocycles. The minimum atomic E-state index is 1.15. The summed E-state index contributed by atoms with van der Waals surface area (Å²) in [5.74, 6) is 0. The fraction of sp³-hybridized carbons (Fsp3) is 0. The molecule has 126 valence electrons. The Morgan fingerprint density at radius 1 is 0.385 bits per heavy atom. The molecule has 0 aliphatic carbocycles. The molecule has 0 bridgehead atoms. The summed E-state index contributed by atoms with van der Waals surface area (Å²) in [4.78, 5) is 4.76. The van der Waals surface area contributed by atoms with Gasteiger partial charge in [0, 0.05) is 26.9 Å². The van der Waals surface area contributed by atoms with E-state index in [1.807, 2.05) is 18.2 Å². The van der Waals surface area contributed by atoms with Crippen molar-refractivity contribution in [1.82, 2.24) is 0 Å². The van der Waals surface area contributed by atoms with Crippen molar-refractivity contribution in [3.05, 3.63) is 115 Å². The Morgan fingerprint density at radius 3 is 1.27 bits per heavy atom. The molecule has 0 saturated carbocycles. The normalized spacial score (nSPS) is 10.5. The van der Waals surface area contributed by atoms with Crippen molar-refractivity contribution in [2.75, 3.05) is 4.90 Å². The minimum absolute atomic E-state index is 1.15. The van der Waals surface area contributed by atoms with Crippen molar-refractivity contribution in [3.8, 4) is 0 Å². The summed E-state index contributed by atoms with van der Waals surface area (Å²) in [5.41, 5.74) is 3.46. The van der Waals surface area contributed by atoms with Gasteiger partial charge in [0.1, 0.15) is 0 Å². The van der Waals surface area contributed by atoms with Gasteiger partial charge in [-0.1, -0.05) is 66.4 Å².